The number of hydrogen-bond acceptors (Lipinski definition) is 7. The molecule has 0 atom stereocenters. The van der Waals surface area contributed by atoms with Crippen LogP contribution in [-0.4, -0.2) is 36.7 Å². The second-order valence-corrected chi connectivity index (χ2v) is 7.15. The van der Waals surface area contributed by atoms with Crippen molar-refractivity contribution in [3.8, 4) is 34.2 Å². The van der Waals surface area contributed by atoms with Crippen LogP contribution < -0.4 is 10.5 Å². The zero-order valence-electron chi connectivity index (χ0n) is 17.3. The van der Waals surface area contributed by atoms with Crippen LogP contribution in [-0.2, 0) is 6.61 Å². The van der Waals surface area contributed by atoms with Crippen LogP contribution in [0.15, 0.2) is 73.1 Å². The molecule has 5 aromatic rings. The van der Waals surface area contributed by atoms with Crippen molar-refractivity contribution in [2.75, 3.05) is 12.8 Å². The van der Waals surface area contributed by atoms with Gasteiger partial charge < -0.3 is 15.6 Å². The van der Waals surface area contributed by atoms with Gasteiger partial charge >= 0.3 is 0 Å². The minimum Gasteiger partial charge on any atom is -0.497 e. The molecule has 4 aromatic heterocycles. The number of anilines is 1. The van der Waals surface area contributed by atoms with Crippen LogP contribution in [0.4, 0.5) is 5.82 Å². The minimum atomic E-state index is -0.0305. The number of hydrogen-bond donors (Lipinski definition) is 2. The number of ether oxygens (including phenoxy) is 1. The first-order valence-corrected chi connectivity index (χ1v) is 9.99. The summed E-state index contributed by atoms with van der Waals surface area (Å²) < 4.78 is 7.27. The highest BCUT2D eigenvalue weighted by atomic mass is 16.5. The summed E-state index contributed by atoms with van der Waals surface area (Å²) in [6.07, 6.45) is 3.33. The number of nitrogens with zero attached hydrogens (tertiary/aromatic N) is 5. The third-order valence-electron chi connectivity index (χ3n) is 5.19. The fourth-order valence-electron chi connectivity index (χ4n) is 3.56. The summed E-state index contributed by atoms with van der Waals surface area (Å²) in [7, 11) is 1.62. The number of aliphatic hydroxyl groups excluding tert-OH is 1. The van der Waals surface area contributed by atoms with Gasteiger partial charge in [-0.15, -0.1) is 0 Å². The van der Waals surface area contributed by atoms with Gasteiger partial charge in [0.1, 0.15) is 17.1 Å². The molecule has 0 aliphatic carbocycles. The number of methoxy groups -OCH3 is 1. The zero-order chi connectivity index (χ0) is 22.1. The molecule has 32 heavy (non-hydrogen) atoms. The first-order chi connectivity index (χ1) is 15.7. The molecule has 8 heteroatoms. The van der Waals surface area contributed by atoms with Gasteiger partial charge in [-0.05, 0) is 48.0 Å². The smallest absolute Gasteiger partial charge is 0.165 e. The summed E-state index contributed by atoms with van der Waals surface area (Å²) in [6.45, 7) is -0.0305. The van der Waals surface area contributed by atoms with E-state index in [9.17, 15) is 5.11 Å². The Balaban J connectivity index is 1.77. The molecule has 0 saturated heterocycles. The Bertz CT molecular complexity index is 1410. The molecule has 1 aromatic carbocycles. The van der Waals surface area contributed by atoms with Crippen LogP contribution in [0.2, 0.25) is 0 Å². The number of nitrogen functional groups attached to an aromatic ring is 1. The highest BCUT2D eigenvalue weighted by molar-refractivity contribution is 5.84. The molecule has 158 valence electrons. The van der Waals surface area contributed by atoms with E-state index >= 15 is 0 Å². The van der Waals surface area contributed by atoms with Crippen molar-refractivity contribution < 1.29 is 9.84 Å². The van der Waals surface area contributed by atoms with Gasteiger partial charge in [-0.25, -0.2) is 15.0 Å². The van der Waals surface area contributed by atoms with Gasteiger partial charge in [0.15, 0.2) is 11.5 Å². The van der Waals surface area contributed by atoms with Gasteiger partial charge in [-0.3, -0.25) is 9.55 Å². The van der Waals surface area contributed by atoms with E-state index in [4.69, 9.17) is 20.4 Å². The molecule has 0 aliphatic heterocycles. The third-order valence-corrected chi connectivity index (χ3v) is 5.19. The number of rotatable bonds is 5. The van der Waals surface area contributed by atoms with Gasteiger partial charge in [0.05, 0.1) is 30.7 Å². The molecule has 3 N–H and O–H groups in total. The van der Waals surface area contributed by atoms with Crippen LogP contribution in [0.25, 0.3) is 39.6 Å². The minimum absolute atomic E-state index is 0.0305. The van der Waals surface area contributed by atoms with E-state index in [2.05, 4.69) is 9.97 Å². The Morgan fingerprint density at radius 2 is 1.78 bits per heavy atom. The highest BCUT2D eigenvalue weighted by Gasteiger charge is 2.19. The van der Waals surface area contributed by atoms with Crippen molar-refractivity contribution in [3.63, 3.8) is 0 Å². The summed E-state index contributed by atoms with van der Waals surface area (Å²) in [5.41, 5.74) is 11.3. The Kier molecular flexibility index (Phi) is 4.97. The summed E-state index contributed by atoms with van der Waals surface area (Å²) in [5.74, 6) is 1.71. The maximum absolute atomic E-state index is 9.43. The van der Waals surface area contributed by atoms with E-state index in [-0.39, 0.29) is 6.61 Å². The molecule has 8 nitrogen and oxygen atoms in total. The molecule has 0 radical (unpaired) electrons. The quantitative estimate of drug-likeness (QED) is 0.443. The monoisotopic (exact) mass is 424 g/mol. The molecule has 0 unspecified atom stereocenters. The standard InChI is InChI=1S/C24H20N6O2/c1-32-17-10-12-26-21(13-17)19-8-9-20-24(28-19)30(16-6-4-15(14-31)5-7-16)23(29-20)18-3-2-11-27-22(18)25/h2-13,31H,14H2,1H3,(H2,25,27). The fraction of sp³-hybridized carbons (Fsp3) is 0.0833. The van der Waals surface area contributed by atoms with E-state index in [1.54, 1.807) is 25.6 Å². The summed E-state index contributed by atoms with van der Waals surface area (Å²) in [5, 5.41) is 9.43. The average Bonchev–Trinajstić information content (AvgIpc) is 3.23. The number of imidazole rings is 1. The largest absolute Gasteiger partial charge is 0.497 e. The molecular weight excluding hydrogens is 404 g/mol. The lowest BCUT2D eigenvalue weighted by molar-refractivity contribution is 0.282. The normalized spacial score (nSPS) is 11.1. The molecule has 0 aliphatic rings. The third kappa shape index (κ3) is 3.42. The molecule has 4 heterocycles. The molecule has 5 rings (SSSR count). The van der Waals surface area contributed by atoms with Crippen LogP contribution in [0, 0.1) is 0 Å². The predicted octanol–water partition coefficient (Wildman–Crippen LogP) is 3.63. The maximum atomic E-state index is 9.43. The maximum Gasteiger partial charge on any atom is 0.165 e. The van der Waals surface area contributed by atoms with E-state index in [0.29, 0.717) is 45.5 Å². The predicted molar refractivity (Wildman–Crippen MR) is 122 cm³/mol. The summed E-state index contributed by atoms with van der Waals surface area (Å²) >= 11 is 0. The van der Waals surface area contributed by atoms with E-state index in [0.717, 1.165) is 11.3 Å². The molecule has 0 saturated carbocycles. The van der Waals surface area contributed by atoms with Crippen molar-refractivity contribution in [2.24, 2.45) is 0 Å². The Morgan fingerprint density at radius 1 is 0.938 bits per heavy atom. The lowest BCUT2D eigenvalue weighted by atomic mass is 10.2. The number of benzene rings is 1. The second kappa shape index (κ2) is 8.09. The van der Waals surface area contributed by atoms with Gasteiger partial charge in [0.25, 0.3) is 0 Å². The first kappa shape index (κ1) is 19.7. The number of fused-ring (bicyclic) bond motifs is 1. The number of aliphatic hydroxyl groups is 1. The van der Waals surface area contributed by atoms with Gasteiger partial charge in [0.2, 0.25) is 0 Å². The fourth-order valence-corrected chi connectivity index (χ4v) is 3.56. The van der Waals surface area contributed by atoms with Crippen molar-refractivity contribution >= 4 is 17.0 Å². The van der Waals surface area contributed by atoms with Gasteiger partial charge in [-0.2, -0.15) is 0 Å². The van der Waals surface area contributed by atoms with Crippen LogP contribution in [0.3, 0.4) is 0 Å². The summed E-state index contributed by atoms with van der Waals surface area (Å²) in [4.78, 5) is 18.4. The summed E-state index contributed by atoms with van der Waals surface area (Å²) in [6, 6.07) is 18.7. The van der Waals surface area contributed by atoms with Crippen LogP contribution in [0.1, 0.15) is 5.56 Å². The zero-order valence-corrected chi connectivity index (χ0v) is 17.3. The van der Waals surface area contributed by atoms with Crippen molar-refractivity contribution in [1.82, 2.24) is 24.5 Å². The average molecular weight is 424 g/mol. The number of aromatic nitrogens is 5. The lowest BCUT2D eigenvalue weighted by Gasteiger charge is -2.11. The Labute approximate surface area is 184 Å². The van der Waals surface area contributed by atoms with Crippen LogP contribution in [0.5, 0.6) is 5.75 Å². The lowest BCUT2D eigenvalue weighted by Crippen LogP contribution is -2.02. The van der Waals surface area contributed by atoms with Crippen molar-refractivity contribution in [3.05, 3.63) is 78.6 Å². The highest BCUT2D eigenvalue weighted by Crippen LogP contribution is 2.31. The molecule has 0 bridgehead atoms. The number of nitrogens with two attached hydrogens (primary N) is 1. The first-order valence-electron chi connectivity index (χ1n) is 9.99. The van der Waals surface area contributed by atoms with E-state index < -0.39 is 0 Å². The van der Waals surface area contributed by atoms with Gasteiger partial charge in [-0.1, -0.05) is 12.1 Å². The Hall–Kier alpha value is -4.30. The van der Waals surface area contributed by atoms with Gasteiger partial charge in [0, 0.05) is 24.1 Å². The van der Waals surface area contributed by atoms with E-state index in [1.807, 2.05) is 59.2 Å². The Morgan fingerprint density at radius 3 is 2.53 bits per heavy atom. The van der Waals surface area contributed by atoms with Crippen LogP contribution >= 0.6 is 0 Å². The number of pyridine rings is 3. The van der Waals surface area contributed by atoms with Crippen molar-refractivity contribution in [1.29, 1.82) is 0 Å². The molecule has 0 fully saturated rings. The molecule has 0 spiro atoms. The SMILES string of the molecule is COc1ccnc(-c2ccc3nc(-c4cccnc4N)n(-c4ccc(CO)cc4)c3n2)c1. The van der Waals surface area contributed by atoms with Crippen molar-refractivity contribution in [2.45, 2.75) is 6.61 Å². The topological polar surface area (TPSA) is 112 Å². The second-order valence-electron chi connectivity index (χ2n) is 7.15. The molecular formula is C24H20N6O2. The molecule has 0 amide bonds. The van der Waals surface area contributed by atoms with E-state index in [1.165, 1.54) is 0 Å².